The molecule has 160 valence electrons. The highest BCUT2D eigenvalue weighted by atomic mass is 32.2. The average Bonchev–Trinajstić information content (AvgIpc) is 3.38. The maximum absolute atomic E-state index is 12.7. The van der Waals surface area contributed by atoms with Gasteiger partial charge in [-0.2, -0.15) is 0 Å². The van der Waals surface area contributed by atoms with E-state index < -0.39 is 29.2 Å². The second-order valence-electron chi connectivity index (χ2n) is 6.56. The number of hydrogen-bond acceptors (Lipinski definition) is 11. The molecule has 11 nitrogen and oxygen atoms in total. The number of thioether (sulfide) groups is 2. The number of anilines is 1. The van der Waals surface area contributed by atoms with Crippen molar-refractivity contribution in [1.82, 2.24) is 15.2 Å². The summed E-state index contributed by atoms with van der Waals surface area (Å²) in [4.78, 5) is 42.8. The highest BCUT2D eigenvalue weighted by molar-refractivity contribution is 8.06. The second-order valence-corrected chi connectivity index (χ2v) is 9.95. The second kappa shape index (κ2) is 8.45. The molecule has 3 unspecified atom stereocenters. The summed E-state index contributed by atoms with van der Waals surface area (Å²) in [6.45, 7) is 1.19. The lowest BCUT2D eigenvalue weighted by Crippen LogP contribution is -2.71. The van der Waals surface area contributed by atoms with Crippen molar-refractivity contribution in [2.75, 3.05) is 24.7 Å². The zero-order chi connectivity index (χ0) is 21.4. The Morgan fingerprint density at radius 2 is 2.27 bits per heavy atom. The lowest BCUT2D eigenvalue weighted by Gasteiger charge is -2.49. The highest BCUT2D eigenvalue weighted by Crippen LogP contribution is 2.45. The molecular weight excluding hydrogens is 454 g/mol. The number of carbonyl (C=O) groups is 3. The minimum Gasteiger partial charge on any atom is -0.477 e. The number of thiazole rings is 1. The summed E-state index contributed by atoms with van der Waals surface area (Å²) < 4.78 is 5.34. The van der Waals surface area contributed by atoms with Crippen molar-refractivity contribution in [3.8, 4) is 0 Å². The lowest BCUT2D eigenvalue weighted by atomic mass is 10.0. The van der Waals surface area contributed by atoms with E-state index in [-0.39, 0.29) is 27.5 Å². The average molecular weight is 472 g/mol. The third kappa shape index (κ3) is 3.75. The number of nitrogen functional groups attached to an aromatic ring is 1. The van der Waals surface area contributed by atoms with Crippen molar-refractivity contribution in [2.24, 2.45) is 5.16 Å². The lowest BCUT2D eigenvalue weighted by molar-refractivity contribution is -0.150. The molecule has 0 aromatic carbocycles. The quantitative estimate of drug-likeness (QED) is 0.194. The number of oxime groups is 1. The molecule has 0 radical (unpaired) electrons. The zero-order valence-electron chi connectivity index (χ0n) is 15.3. The van der Waals surface area contributed by atoms with Gasteiger partial charge in [-0.15, -0.1) is 34.9 Å². The van der Waals surface area contributed by atoms with Crippen LogP contribution >= 0.6 is 34.9 Å². The van der Waals surface area contributed by atoms with Crippen LogP contribution in [-0.2, 0) is 19.1 Å². The first-order valence-electron chi connectivity index (χ1n) is 8.80. The molecule has 2 amide bonds. The number of amides is 2. The molecule has 1 aromatic heterocycles. The molecule has 3 aliphatic rings. The molecule has 4 rings (SSSR count). The van der Waals surface area contributed by atoms with Crippen molar-refractivity contribution >= 4 is 63.5 Å². The molecule has 0 spiro atoms. The van der Waals surface area contributed by atoms with Crippen molar-refractivity contribution in [3.05, 3.63) is 21.7 Å². The Bertz CT molecular complexity index is 957. The van der Waals surface area contributed by atoms with E-state index in [1.54, 1.807) is 0 Å². The number of carbonyl (C=O) groups excluding carboxylic acids is 2. The molecule has 30 heavy (non-hydrogen) atoms. The number of nitrogens with zero attached hydrogens (tertiary/aromatic N) is 3. The fourth-order valence-electron chi connectivity index (χ4n) is 3.31. The number of fused-ring (bicyclic) bond motifs is 1. The Balaban J connectivity index is 1.49. The number of ether oxygens (including phenoxy) is 1. The van der Waals surface area contributed by atoms with Crippen LogP contribution in [0.3, 0.4) is 0 Å². The van der Waals surface area contributed by atoms with E-state index in [0.717, 1.165) is 17.8 Å². The molecule has 3 atom stereocenters. The summed E-state index contributed by atoms with van der Waals surface area (Å²) in [7, 11) is 0. The van der Waals surface area contributed by atoms with E-state index in [4.69, 9.17) is 10.5 Å². The minimum atomic E-state index is -1.18. The van der Waals surface area contributed by atoms with E-state index in [0.29, 0.717) is 23.9 Å². The van der Waals surface area contributed by atoms with Crippen molar-refractivity contribution in [2.45, 2.75) is 23.1 Å². The monoisotopic (exact) mass is 471 g/mol. The largest absolute Gasteiger partial charge is 0.477 e. The molecule has 2 fully saturated rings. The van der Waals surface area contributed by atoms with Gasteiger partial charge in [-0.25, -0.2) is 9.78 Å². The predicted molar refractivity (Wildman–Crippen MR) is 111 cm³/mol. The summed E-state index contributed by atoms with van der Waals surface area (Å²) >= 11 is 3.87. The van der Waals surface area contributed by atoms with Crippen LogP contribution in [0.15, 0.2) is 21.1 Å². The SMILES string of the molecule is Nc1nc(/C(=N/O)C(=O)NC2C(=O)N3C(C(=O)O)=C(SC4CCOC4)CSC23)cs1. The van der Waals surface area contributed by atoms with Crippen molar-refractivity contribution in [1.29, 1.82) is 0 Å². The Hall–Kier alpha value is -2.29. The smallest absolute Gasteiger partial charge is 0.353 e. The van der Waals surface area contributed by atoms with E-state index >= 15 is 0 Å². The highest BCUT2D eigenvalue weighted by Gasteiger charge is 2.54. The number of aliphatic carboxylic acids is 1. The van der Waals surface area contributed by atoms with Crippen molar-refractivity contribution in [3.63, 3.8) is 0 Å². The normalized spacial score (nSPS) is 26.4. The van der Waals surface area contributed by atoms with Gasteiger partial charge in [-0.3, -0.25) is 14.5 Å². The summed E-state index contributed by atoms with van der Waals surface area (Å²) in [6.07, 6.45) is 0.826. The maximum Gasteiger partial charge on any atom is 0.353 e. The fourth-order valence-corrected chi connectivity index (χ4v) is 6.60. The van der Waals surface area contributed by atoms with Crippen LogP contribution in [0.1, 0.15) is 12.1 Å². The molecule has 14 heteroatoms. The molecule has 0 saturated carbocycles. The topological polar surface area (TPSA) is 167 Å². The molecule has 0 bridgehead atoms. The van der Waals surface area contributed by atoms with Gasteiger partial charge in [0.2, 0.25) is 0 Å². The predicted octanol–water partition coefficient (Wildman–Crippen LogP) is 0.122. The van der Waals surface area contributed by atoms with Gasteiger partial charge in [0.05, 0.1) is 6.61 Å². The van der Waals surface area contributed by atoms with Gasteiger partial charge in [-0.05, 0) is 6.42 Å². The molecule has 4 heterocycles. The number of carboxylic acids is 1. The summed E-state index contributed by atoms with van der Waals surface area (Å²) in [5.41, 5.74) is 5.20. The van der Waals surface area contributed by atoms with E-state index in [1.807, 2.05) is 0 Å². The first-order valence-corrected chi connectivity index (χ1v) is 11.6. The number of nitrogens with one attached hydrogen (secondary N) is 1. The van der Waals surface area contributed by atoms with Gasteiger partial charge in [-0.1, -0.05) is 5.16 Å². The third-order valence-electron chi connectivity index (χ3n) is 4.70. The maximum atomic E-state index is 12.7. The van der Waals surface area contributed by atoms with Crippen LogP contribution in [0, 0.1) is 0 Å². The fraction of sp³-hybridized carbons (Fsp3) is 0.438. The van der Waals surface area contributed by atoms with Gasteiger partial charge in [0.25, 0.3) is 11.8 Å². The summed E-state index contributed by atoms with van der Waals surface area (Å²) in [5, 5.41) is 25.6. The minimum absolute atomic E-state index is 0.0468. The Morgan fingerprint density at radius 1 is 1.47 bits per heavy atom. The van der Waals surface area contributed by atoms with Crippen LogP contribution < -0.4 is 11.1 Å². The van der Waals surface area contributed by atoms with Gasteiger partial charge >= 0.3 is 5.97 Å². The molecule has 0 aliphatic carbocycles. The Labute approximate surface area is 182 Å². The summed E-state index contributed by atoms with van der Waals surface area (Å²) in [6, 6.07) is -0.939. The Morgan fingerprint density at radius 3 is 2.87 bits per heavy atom. The number of carboxylic acid groups (broad SMARTS) is 1. The molecule has 3 aliphatic heterocycles. The molecule has 1 aromatic rings. The first-order chi connectivity index (χ1) is 14.4. The number of aromatic nitrogens is 1. The van der Waals surface area contributed by atoms with Gasteiger partial charge in [0.15, 0.2) is 10.8 Å². The number of nitrogens with two attached hydrogens (primary N) is 1. The standard InChI is InChI=1S/C16H17N5O6S3/c17-16-18-7(4-29-16)9(20-26)12(22)19-10-13(23)21-11(15(24)25)8(5-28-14(10)21)30-6-1-2-27-3-6/h4,6,10,14,26H,1-3,5H2,(H2,17,18)(H,19,22)(H,24,25)/b20-9-. The summed E-state index contributed by atoms with van der Waals surface area (Å²) in [5.74, 6) is -2.11. The van der Waals surface area contributed by atoms with E-state index in [9.17, 15) is 24.7 Å². The molecule has 5 N–H and O–H groups in total. The third-order valence-corrected chi connectivity index (χ3v) is 8.16. The number of rotatable bonds is 6. The van der Waals surface area contributed by atoms with Gasteiger partial charge in [0, 0.05) is 27.9 Å². The molecular formula is C16H17N5O6S3. The van der Waals surface area contributed by atoms with Gasteiger partial charge in [0.1, 0.15) is 22.8 Å². The van der Waals surface area contributed by atoms with Gasteiger partial charge < -0.3 is 26.1 Å². The van der Waals surface area contributed by atoms with Crippen LogP contribution in [0.5, 0.6) is 0 Å². The number of hydrogen-bond donors (Lipinski definition) is 4. The van der Waals surface area contributed by atoms with Crippen molar-refractivity contribution < 1.29 is 29.4 Å². The van der Waals surface area contributed by atoms with E-state index in [2.05, 4.69) is 15.5 Å². The molecule has 2 saturated heterocycles. The van der Waals surface area contributed by atoms with Crippen LogP contribution in [0.2, 0.25) is 0 Å². The van der Waals surface area contributed by atoms with Crippen LogP contribution in [0.4, 0.5) is 5.13 Å². The zero-order valence-corrected chi connectivity index (χ0v) is 17.8. The van der Waals surface area contributed by atoms with E-state index in [1.165, 1.54) is 33.8 Å². The first kappa shape index (κ1) is 21.0. The van der Waals surface area contributed by atoms with Crippen LogP contribution in [0.25, 0.3) is 0 Å². The number of β-lactam (4-membered cyclic amide) rings is 1. The van der Waals surface area contributed by atoms with Crippen LogP contribution in [-0.4, -0.2) is 79.3 Å². The Kier molecular flexibility index (Phi) is 5.90.